The van der Waals surface area contributed by atoms with Gasteiger partial charge in [-0.1, -0.05) is 0 Å². The Morgan fingerprint density at radius 1 is 1.41 bits per heavy atom. The second-order valence-corrected chi connectivity index (χ2v) is 4.33. The Bertz CT molecular complexity index is 287. The molecule has 7 nitrogen and oxygen atoms in total. The molecular formula is C10H19N3O4. The molecule has 1 aliphatic rings. The van der Waals surface area contributed by atoms with Crippen LogP contribution in [-0.4, -0.2) is 58.4 Å². The molecule has 98 valence electrons. The highest BCUT2D eigenvalue weighted by Gasteiger charge is 2.28. The largest absolute Gasteiger partial charge is 0.480 e. The van der Waals surface area contributed by atoms with Gasteiger partial charge in [0.05, 0.1) is 6.10 Å². The number of nitrogens with one attached hydrogen (secondary N) is 1. The number of amides is 2. The number of piperidine rings is 1. The lowest BCUT2D eigenvalue weighted by Crippen LogP contribution is -2.54. The van der Waals surface area contributed by atoms with Crippen LogP contribution in [0.2, 0.25) is 0 Å². The molecular weight excluding hydrogens is 226 g/mol. The third kappa shape index (κ3) is 3.86. The smallest absolute Gasteiger partial charge is 0.328 e. The van der Waals surface area contributed by atoms with Crippen LogP contribution in [0.15, 0.2) is 0 Å². The van der Waals surface area contributed by atoms with Gasteiger partial charge in [0.25, 0.3) is 0 Å². The summed E-state index contributed by atoms with van der Waals surface area (Å²) >= 11 is 0. The van der Waals surface area contributed by atoms with E-state index in [2.05, 4.69) is 5.32 Å². The highest BCUT2D eigenvalue weighted by atomic mass is 16.4. The second kappa shape index (κ2) is 5.83. The standard InChI is InChI=1S/C10H19N3O4/c1-6(14)8(9(15)16)12-10(17)13-4-2-7(11)3-5-13/h6-8,14H,2-5,11H2,1H3,(H,12,17)(H,15,16)/t6-,8+/m1/s1. The van der Waals surface area contributed by atoms with Crippen LogP contribution in [0, 0.1) is 0 Å². The molecule has 1 fully saturated rings. The van der Waals surface area contributed by atoms with E-state index >= 15 is 0 Å². The van der Waals surface area contributed by atoms with Gasteiger partial charge in [0.15, 0.2) is 6.04 Å². The predicted octanol–water partition coefficient (Wildman–Crippen LogP) is -1.05. The van der Waals surface area contributed by atoms with Crippen molar-refractivity contribution in [2.75, 3.05) is 13.1 Å². The van der Waals surface area contributed by atoms with Crippen LogP contribution in [-0.2, 0) is 4.79 Å². The Morgan fingerprint density at radius 3 is 2.35 bits per heavy atom. The van der Waals surface area contributed by atoms with Crippen molar-refractivity contribution < 1.29 is 19.8 Å². The minimum absolute atomic E-state index is 0.103. The number of carbonyl (C=O) groups excluding carboxylic acids is 1. The number of nitrogens with two attached hydrogens (primary N) is 1. The third-order valence-corrected chi connectivity index (χ3v) is 2.85. The molecule has 2 atom stereocenters. The number of likely N-dealkylation sites (tertiary alicyclic amines) is 1. The highest BCUT2D eigenvalue weighted by molar-refractivity contribution is 5.83. The van der Waals surface area contributed by atoms with Crippen molar-refractivity contribution in [1.29, 1.82) is 0 Å². The molecule has 1 heterocycles. The van der Waals surface area contributed by atoms with Gasteiger partial charge in [0, 0.05) is 19.1 Å². The number of hydrogen-bond donors (Lipinski definition) is 4. The van der Waals surface area contributed by atoms with E-state index in [-0.39, 0.29) is 6.04 Å². The quantitative estimate of drug-likeness (QED) is 0.506. The summed E-state index contributed by atoms with van der Waals surface area (Å²) in [5, 5.41) is 20.4. The van der Waals surface area contributed by atoms with Crippen molar-refractivity contribution in [3.05, 3.63) is 0 Å². The number of hydrogen-bond acceptors (Lipinski definition) is 4. The number of carboxylic acid groups (broad SMARTS) is 1. The Hall–Kier alpha value is -1.34. The van der Waals surface area contributed by atoms with E-state index in [9.17, 15) is 14.7 Å². The number of urea groups is 1. The van der Waals surface area contributed by atoms with E-state index in [4.69, 9.17) is 10.8 Å². The van der Waals surface area contributed by atoms with E-state index in [0.717, 1.165) is 0 Å². The SMILES string of the molecule is C[C@@H](O)[C@H](NC(=O)N1CCC(N)CC1)C(=O)O. The molecule has 0 bridgehead atoms. The first-order valence-electron chi connectivity index (χ1n) is 5.63. The minimum Gasteiger partial charge on any atom is -0.480 e. The van der Waals surface area contributed by atoms with Gasteiger partial charge in [-0.25, -0.2) is 9.59 Å². The van der Waals surface area contributed by atoms with Gasteiger partial charge in [-0.2, -0.15) is 0 Å². The van der Waals surface area contributed by atoms with Gasteiger partial charge in [0.2, 0.25) is 0 Å². The van der Waals surface area contributed by atoms with Crippen molar-refractivity contribution >= 4 is 12.0 Å². The van der Waals surface area contributed by atoms with Crippen molar-refractivity contribution in [2.45, 2.75) is 38.0 Å². The normalized spacial score (nSPS) is 20.8. The maximum atomic E-state index is 11.7. The zero-order valence-corrected chi connectivity index (χ0v) is 9.80. The highest BCUT2D eigenvalue weighted by Crippen LogP contribution is 2.08. The molecule has 1 rings (SSSR count). The summed E-state index contributed by atoms with van der Waals surface area (Å²) in [5.41, 5.74) is 5.70. The lowest BCUT2D eigenvalue weighted by molar-refractivity contribution is -0.141. The molecule has 0 aromatic heterocycles. The van der Waals surface area contributed by atoms with Gasteiger partial charge >= 0.3 is 12.0 Å². The topological polar surface area (TPSA) is 116 Å². The molecule has 0 aromatic rings. The lowest BCUT2D eigenvalue weighted by Gasteiger charge is -2.31. The van der Waals surface area contributed by atoms with E-state index in [1.54, 1.807) is 0 Å². The monoisotopic (exact) mass is 245 g/mol. The predicted molar refractivity (Wildman–Crippen MR) is 60.4 cm³/mol. The number of aliphatic hydroxyl groups is 1. The molecule has 0 aliphatic carbocycles. The van der Waals surface area contributed by atoms with Gasteiger partial charge in [-0.3, -0.25) is 0 Å². The summed E-state index contributed by atoms with van der Waals surface area (Å²) in [5.74, 6) is -1.25. The first-order valence-corrected chi connectivity index (χ1v) is 5.63. The molecule has 0 radical (unpaired) electrons. The average Bonchev–Trinajstić information content (AvgIpc) is 2.25. The fourth-order valence-electron chi connectivity index (χ4n) is 1.72. The Balaban J connectivity index is 2.50. The average molecular weight is 245 g/mol. The number of nitrogens with zero attached hydrogens (tertiary/aromatic N) is 1. The molecule has 5 N–H and O–H groups in total. The summed E-state index contributed by atoms with van der Waals surface area (Å²) in [6.07, 6.45) is 0.281. The lowest BCUT2D eigenvalue weighted by atomic mass is 10.1. The fraction of sp³-hybridized carbons (Fsp3) is 0.800. The van der Waals surface area contributed by atoms with Gasteiger partial charge in [-0.15, -0.1) is 0 Å². The minimum atomic E-state index is -1.28. The van der Waals surface area contributed by atoms with E-state index in [1.807, 2.05) is 0 Å². The molecule has 1 aliphatic heterocycles. The van der Waals surface area contributed by atoms with Gasteiger partial charge in [0.1, 0.15) is 0 Å². The molecule has 2 amide bonds. The Kier molecular flexibility index (Phi) is 4.71. The zero-order chi connectivity index (χ0) is 13.0. The van der Waals surface area contributed by atoms with Crippen LogP contribution in [0.5, 0.6) is 0 Å². The molecule has 0 spiro atoms. The summed E-state index contributed by atoms with van der Waals surface area (Å²) in [6, 6.07) is -1.64. The molecule has 0 unspecified atom stereocenters. The van der Waals surface area contributed by atoms with E-state index in [0.29, 0.717) is 25.9 Å². The Labute approximate surface area is 99.6 Å². The number of aliphatic hydroxyl groups excluding tert-OH is 1. The summed E-state index contributed by atoms with van der Waals surface area (Å²) in [6.45, 7) is 2.35. The molecule has 0 saturated carbocycles. The Morgan fingerprint density at radius 2 is 1.94 bits per heavy atom. The van der Waals surface area contributed by atoms with Crippen LogP contribution in [0.3, 0.4) is 0 Å². The van der Waals surface area contributed by atoms with Crippen LogP contribution in [0.25, 0.3) is 0 Å². The molecule has 17 heavy (non-hydrogen) atoms. The van der Waals surface area contributed by atoms with Crippen molar-refractivity contribution in [1.82, 2.24) is 10.2 Å². The number of carboxylic acids is 1. The first kappa shape index (κ1) is 13.7. The zero-order valence-electron chi connectivity index (χ0n) is 9.80. The van der Waals surface area contributed by atoms with E-state index < -0.39 is 24.1 Å². The maximum absolute atomic E-state index is 11.7. The maximum Gasteiger partial charge on any atom is 0.328 e. The number of aliphatic carboxylic acids is 1. The number of carbonyl (C=O) groups is 2. The van der Waals surface area contributed by atoms with E-state index in [1.165, 1.54) is 11.8 Å². The van der Waals surface area contributed by atoms with Gasteiger partial charge in [-0.05, 0) is 19.8 Å². The van der Waals surface area contributed by atoms with Crippen molar-refractivity contribution in [2.24, 2.45) is 5.73 Å². The summed E-state index contributed by atoms with van der Waals surface area (Å²) in [7, 11) is 0. The van der Waals surface area contributed by atoms with Crippen molar-refractivity contribution in [3.8, 4) is 0 Å². The van der Waals surface area contributed by atoms with Crippen LogP contribution >= 0.6 is 0 Å². The number of rotatable bonds is 3. The summed E-state index contributed by atoms with van der Waals surface area (Å²) in [4.78, 5) is 24.0. The van der Waals surface area contributed by atoms with Gasteiger partial charge < -0.3 is 26.2 Å². The van der Waals surface area contributed by atoms with Crippen LogP contribution in [0.1, 0.15) is 19.8 Å². The fourth-order valence-corrected chi connectivity index (χ4v) is 1.72. The van der Waals surface area contributed by atoms with Crippen LogP contribution < -0.4 is 11.1 Å². The van der Waals surface area contributed by atoms with Crippen molar-refractivity contribution in [3.63, 3.8) is 0 Å². The molecule has 7 heteroatoms. The summed E-state index contributed by atoms with van der Waals surface area (Å²) < 4.78 is 0. The van der Waals surface area contributed by atoms with Crippen LogP contribution in [0.4, 0.5) is 4.79 Å². The first-order chi connectivity index (χ1) is 7.91. The molecule has 1 saturated heterocycles. The second-order valence-electron chi connectivity index (χ2n) is 4.33. The molecule has 0 aromatic carbocycles. The third-order valence-electron chi connectivity index (χ3n) is 2.85.